The summed E-state index contributed by atoms with van der Waals surface area (Å²) < 4.78 is 17.2. The van der Waals surface area contributed by atoms with E-state index in [9.17, 15) is 24.3 Å². The highest BCUT2D eigenvalue weighted by atomic mass is 16.6. The van der Waals surface area contributed by atoms with Crippen molar-refractivity contribution >= 4 is 23.6 Å². The van der Waals surface area contributed by atoms with Gasteiger partial charge in [-0.15, -0.1) is 0 Å². The number of Topliss-reactive ketones (excluding diaryl/α,β-unsaturated/α-hetero) is 1. The van der Waals surface area contributed by atoms with Crippen molar-refractivity contribution in [1.82, 2.24) is 4.90 Å². The third-order valence-electron chi connectivity index (χ3n) is 10.1. The summed E-state index contributed by atoms with van der Waals surface area (Å²) in [5.41, 5.74) is -3.71. The van der Waals surface area contributed by atoms with E-state index in [1.165, 1.54) is 24.2 Å². The Morgan fingerprint density at radius 3 is 2.05 bits per heavy atom. The molecule has 41 heavy (non-hydrogen) atoms. The minimum absolute atomic E-state index is 0.00417. The summed E-state index contributed by atoms with van der Waals surface area (Å²) in [5.74, 6) is -0.915. The molecule has 0 spiro atoms. The Morgan fingerprint density at radius 2 is 1.54 bits per heavy atom. The van der Waals surface area contributed by atoms with Crippen LogP contribution in [0.3, 0.4) is 0 Å². The number of fused-ring (bicyclic) bond motifs is 1. The molecule has 0 unspecified atom stereocenters. The fourth-order valence-electron chi connectivity index (χ4n) is 8.89. The zero-order valence-electron chi connectivity index (χ0n) is 25.7. The van der Waals surface area contributed by atoms with Crippen LogP contribution in [0.15, 0.2) is 11.3 Å². The largest absolute Gasteiger partial charge is 0.508 e. The maximum atomic E-state index is 13.8. The van der Waals surface area contributed by atoms with Gasteiger partial charge in [0.15, 0.2) is 5.78 Å². The summed E-state index contributed by atoms with van der Waals surface area (Å²) in [7, 11) is 0. The van der Waals surface area contributed by atoms with Crippen LogP contribution in [0.1, 0.15) is 99.8 Å². The number of carbonyl (C=O) groups is 4. The van der Waals surface area contributed by atoms with Gasteiger partial charge in [-0.05, 0) is 75.5 Å². The van der Waals surface area contributed by atoms with Crippen LogP contribution in [-0.4, -0.2) is 64.7 Å². The van der Waals surface area contributed by atoms with Crippen LogP contribution >= 0.6 is 0 Å². The lowest BCUT2D eigenvalue weighted by atomic mass is 9.50. The summed E-state index contributed by atoms with van der Waals surface area (Å²) in [6.07, 6.45) is 5.40. The molecule has 6 aliphatic rings. The summed E-state index contributed by atoms with van der Waals surface area (Å²) in [4.78, 5) is 54.9. The van der Waals surface area contributed by atoms with Crippen molar-refractivity contribution in [2.75, 3.05) is 13.2 Å². The Balaban J connectivity index is 1.30. The number of ether oxygens (including phenoxy) is 3. The van der Waals surface area contributed by atoms with Gasteiger partial charge < -0.3 is 19.3 Å². The third kappa shape index (κ3) is 5.00. The van der Waals surface area contributed by atoms with Crippen molar-refractivity contribution in [2.24, 2.45) is 34.0 Å². The Hall–Kier alpha value is -2.42. The number of ketones is 1. The quantitative estimate of drug-likeness (QED) is 0.307. The molecule has 2 aliphatic heterocycles. The van der Waals surface area contributed by atoms with Gasteiger partial charge in [-0.2, -0.15) is 0 Å². The highest BCUT2D eigenvalue weighted by Crippen LogP contribution is 2.60. The number of amides is 1. The maximum Gasteiger partial charge on any atom is 0.342 e. The lowest BCUT2D eigenvalue weighted by Gasteiger charge is -2.56. The number of rotatable bonds is 9. The average Bonchev–Trinajstić information content (AvgIpc) is 3.27. The molecular weight excluding hydrogens is 526 g/mol. The van der Waals surface area contributed by atoms with Crippen LogP contribution in [-0.2, 0) is 33.4 Å². The topological polar surface area (TPSA) is 119 Å². The molecule has 228 valence electrons. The van der Waals surface area contributed by atoms with E-state index in [1.54, 1.807) is 27.7 Å². The average molecular weight is 574 g/mol. The van der Waals surface area contributed by atoms with Crippen LogP contribution in [0.5, 0.6) is 0 Å². The Kier molecular flexibility index (Phi) is 7.40. The molecule has 0 aromatic rings. The Labute approximate surface area is 243 Å². The van der Waals surface area contributed by atoms with Crippen LogP contribution in [0.25, 0.3) is 0 Å². The number of esters is 2. The normalized spacial score (nSPS) is 36.1. The third-order valence-corrected chi connectivity index (χ3v) is 10.1. The van der Waals surface area contributed by atoms with Crippen molar-refractivity contribution in [3.63, 3.8) is 0 Å². The molecule has 4 saturated carbocycles. The van der Waals surface area contributed by atoms with Crippen molar-refractivity contribution in [2.45, 2.75) is 118 Å². The van der Waals surface area contributed by atoms with Gasteiger partial charge in [0.05, 0.1) is 25.7 Å². The number of hydrogen-bond donors (Lipinski definition) is 1. The van der Waals surface area contributed by atoms with Gasteiger partial charge in [-0.1, -0.05) is 34.6 Å². The van der Waals surface area contributed by atoms with E-state index in [0.717, 1.165) is 37.0 Å². The van der Waals surface area contributed by atoms with E-state index in [2.05, 4.69) is 0 Å². The lowest BCUT2D eigenvalue weighted by molar-refractivity contribution is -0.161. The van der Waals surface area contributed by atoms with Crippen molar-refractivity contribution in [1.29, 1.82) is 0 Å². The van der Waals surface area contributed by atoms with Crippen LogP contribution in [0.2, 0.25) is 0 Å². The molecule has 0 aromatic carbocycles. The second kappa shape index (κ2) is 10.1. The zero-order valence-corrected chi connectivity index (χ0v) is 25.7. The van der Waals surface area contributed by atoms with E-state index < -0.39 is 57.7 Å². The highest BCUT2D eigenvalue weighted by molar-refractivity contribution is 6.24. The highest BCUT2D eigenvalue weighted by Gasteiger charge is 2.71. The molecular formula is C32H47NO8. The number of aliphatic hydroxyl groups is 1. The van der Waals surface area contributed by atoms with Crippen molar-refractivity contribution < 1.29 is 38.5 Å². The molecule has 4 bridgehead atoms. The molecule has 1 N–H and O–H groups in total. The number of aliphatic hydroxyl groups excluding tert-OH is 1. The van der Waals surface area contributed by atoms with E-state index in [0.29, 0.717) is 6.61 Å². The Morgan fingerprint density at radius 1 is 0.976 bits per heavy atom. The molecule has 0 aromatic heterocycles. The van der Waals surface area contributed by atoms with Crippen molar-refractivity contribution in [3.05, 3.63) is 11.3 Å². The molecule has 9 nitrogen and oxygen atoms in total. The summed E-state index contributed by atoms with van der Waals surface area (Å²) in [6, 6.07) is 0. The molecule has 6 rings (SSSR count). The van der Waals surface area contributed by atoms with E-state index in [1.807, 2.05) is 20.8 Å². The number of hydrogen-bond acceptors (Lipinski definition) is 8. The maximum absolute atomic E-state index is 13.8. The van der Waals surface area contributed by atoms with Gasteiger partial charge in [0.25, 0.3) is 5.91 Å². The molecule has 4 aliphatic carbocycles. The molecule has 1 amide bonds. The van der Waals surface area contributed by atoms with E-state index in [-0.39, 0.29) is 30.8 Å². The molecule has 0 radical (unpaired) electrons. The predicted octanol–water partition coefficient (Wildman–Crippen LogP) is 4.87. The van der Waals surface area contributed by atoms with E-state index >= 15 is 0 Å². The first kappa shape index (κ1) is 30.1. The zero-order chi connectivity index (χ0) is 30.1. The summed E-state index contributed by atoms with van der Waals surface area (Å²) in [5, 5.41) is 11.4. The fourth-order valence-corrected chi connectivity index (χ4v) is 8.89. The first-order valence-corrected chi connectivity index (χ1v) is 15.3. The monoisotopic (exact) mass is 573 g/mol. The van der Waals surface area contributed by atoms with Crippen LogP contribution in [0, 0.1) is 34.0 Å². The predicted molar refractivity (Wildman–Crippen MR) is 149 cm³/mol. The van der Waals surface area contributed by atoms with Gasteiger partial charge in [-0.25, -0.2) is 4.79 Å². The van der Waals surface area contributed by atoms with Crippen LogP contribution < -0.4 is 0 Å². The van der Waals surface area contributed by atoms with E-state index in [4.69, 9.17) is 14.2 Å². The second-order valence-electron chi connectivity index (χ2n) is 15.4. The van der Waals surface area contributed by atoms with Gasteiger partial charge in [0.2, 0.25) is 5.54 Å². The summed E-state index contributed by atoms with van der Waals surface area (Å²) >= 11 is 0. The smallest absolute Gasteiger partial charge is 0.342 e. The molecule has 9 heteroatoms. The molecule has 5 fully saturated rings. The first-order chi connectivity index (χ1) is 19.0. The molecule has 1 saturated heterocycles. The minimum atomic E-state index is -1.93. The van der Waals surface area contributed by atoms with Gasteiger partial charge in [0.1, 0.15) is 17.6 Å². The first-order valence-electron chi connectivity index (χ1n) is 15.3. The second-order valence-corrected chi connectivity index (χ2v) is 15.4. The van der Waals surface area contributed by atoms with Crippen LogP contribution in [0.4, 0.5) is 0 Å². The number of carbonyl (C=O) groups excluding carboxylic acids is 4. The molecule has 3 atom stereocenters. The lowest BCUT2D eigenvalue weighted by Crippen LogP contribution is -2.59. The van der Waals surface area contributed by atoms with Gasteiger partial charge in [0, 0.05) is 17.3 Å². The minimum Gasteiger partial charge on any atom is -0.508 e. The van der Waals surface area contributed by atoms with Crippen molar-refractivity contribution in [3.8, 4) is 0 Å². The standard InChI is InChI=1S/C32H47NO8/c1-8-39-28(38)32-18(2)41-27(29(3,4)5)33(32)26(37)24(25(32)36)22(34)15-30(6,7)16-23(35)40-17-31-12-19-9-20(13-31)11-21(10-19)14-31/h18-21,27,36H,8-17H2,1-7H3/t18-,19?,20?,21?,27-,31?,32-/m1/s1. The summed E-state index contributed by atoms with van der Waals surface area (Å²) in [6.45, 7) is 12.8. The molecule has 2 heterocycles. The SMILES string of the molecule is CCOC(=O)[C@@]12C(O)=C(C(=O)CC(C)(C)CC(=O)OCC34CC5CC(CC(C5)C3)C4)C(=O)N1[C@@H](C(C)(C)C)O[C@@H]2C. The Bertz CT molecular complexity index is 1130. The van der Waals surface area contributed by atoms with Gasteiger partial charge >= 0.3 is 11.9 Å². The fraction of sp³-hybridized carbons (Fsp3) is 0.812. The van der Waals surface area contributed by atoms with Gasteiger partial charge in [-0.3, -0.25) is 19.3 Å². The number of nitrogens with zero attached hydrogens (tertiary/aromatic N) is 1.